The van der Waals surface area contributed by atoms with Gasteiger partial charge in [0.2, 0.25) is 0 Å². The Labute approximate surface area is 79.1 Å². The van der Waals surface area contributed by atoms with Crippen molar-refractivity contribution >= 4 is 18.3 Å². The third-order valence-corrected chi connectivity index (χ3v) is 1.91. The van der Waals surface area contributed by atoms with E-state index in [1.807, 2.05) is 0 Å². The molecule has 0 heterocycles. The zero-order chi connectivity index (χ0) is 10.0. The van der Waals surface area contributed by atoms with Crippen molar-refractivity contribution < 1.29 is 9.31 Å². The fraction of sp³-hybridized carbons (Fsp3) is 0.143. The molecule has 6 heteroatoms. The number of nitro groups is 1. The third-order valence-electron chi connectivity index (χ3n) is 1.56. The predicted molar refractivity (Wildman–Crippen MR) is 48.2 cm³/mol. The predicted octanol–water partition coefficient (Wildman–Crippen LogP) is 1.48. The summed E-state index contributed by atoms with van der Waals surface area (Å²) in [6, 6.07) is 2.08. The Morgan fingerprint density at radius 1 is 1.62 bits per heavy atom. The van der Waals surface area contributed by atoms with Gasteiger partial charge in [0.1, 0.15) is 5.82 Å². The van der Waals surface area contributed by atoms with Crippen molar-refractivity contribution in [3.63, 3.8) is 0 Å². The highest BCUT2D eigenvalue weighted by Crippen LogP contribution is 2.24. The molecule has 0 aliphatic heterocycles. The van der Waals surface area contributed by atoms with E-state index in [4.69, 9.17) is 5.73 Å². The van der Waals surface area contributed by atoms with Gasteiger partial charge in [-0.3, -0.25) is 10.1 Å². The minimum atomic E-state index is -0.716. The molecule has 1 aromatic carbocycles. The van der Waals surface area contributed by atoms with Gasteiger partial charge in [0.25, 0.3) is 5.69 Å². The van der Waals surface area contributed by atoms with Gasteiger partial charge in [-0.15, -0.1) is 12.6 Å². The van der Waals surface area contributed by atoms with Crippen LogP contribution in [0.1, 0.15) is 5.56 Å². The van der Waals surface area contributed by atoms with Gasteiger partial charge < -0.3 is 5.73 Å². The van der Waals surface area contributed by atoms with Crippen LogP contribution in [-0.4, -0.2) is 4.92 Å². The van der Waals surface area contributed by atoms with Crippen LogP contribution in [-0.2, 0) is 6.54 Å². The van der Waals surface area contributed by atoms with Crippen molar-refractivity contribution in [2.45, 2.75) is 11.4 Å². The van der Waals surface area contributed by atoms with E-state index < -0.39 is 10.7 Å². The molecule has 0 aliphatic carbocycles. The lowest BCUT2D eigenvalue weighted by molar-refractivity contribution is -0.385. The minimum absolute atomic E-state index is 0.00977. The van der Waals surface area contributed by atoms with Gasteiger partial charge >= 0.3 is 0 Å². The van der Waals surface area contributed by atoms with Crippen molar-refractivity contribution in [2.24, 2.45) is 5.73 Å². The third kappa shape index (κ3) is 1.96. The number of nitro benzene ring substituents is 1. The molecule has 4 nitrogen and oxygen atoms in total. The van der Waals surface area contributed by atoms with Crippen molar-refractivity contribution in [3.8, 4) is 0 Å². The van der Waals surface area contributed by atoms with E-state index >= 15 is 0 Å². The Balaban J connectivity index is 3.33. The second-order valence-electron chi connectivity index (χ2n) is 2.39. The average Bonchev–Trinajstić information content (AvgIpc) is 2.08. The monoisotopic (exact) mass is 202 g/mol. The maximum Gasteiger partial charge on any atom is 0.276 e. The minimum Gasteiger partial charge on any atom is -0.326 e. The second-order valence-corrected chi connectivity index (χ2v) is 2.88. The van der Waals surface area contributed by atoms with Crippen LogP contribution in [0.25, 0.3) is 0 Å². The largest absolute Gasteiger partial charge is 0.326 e. The zero-order valence-electron chi connectivity index (χ0n) is 6.53. The highest BCUT2D eigenvalue weighted by atomic mass is 32.1. The number of nitrogens with two attached hydrogens (primary N) is 1. The fourth-order valence-corrected chi connectivity index (χ4v) is 1.15. The Morgan fingerprint density at radius 3 is 2.69 bits per heavy atom. The van der Waals surface area contributed by atoms with E-state index in [9.17, 15) is 14.5 Å². The molecule has 1 rings (SSSR count). The molecule has 0 spiro atoms. The molecule has 0 unspecified atom stereocenters. The van der Waals surface area contributed by atoms with Crippen LogP contribution in [0.3, 0.4) is 0 Å². The summed E-state index contributed by atoms with van der Waals surface area (Å²) in [5.41, 5.74) is 5.21. The molecule has 0 saturated carbocycles. The van der Waals surface area contributed by atoms with Crippen LogP contribution in [0, 0.1) is 15.9 Å². The number of benzene rings is 1. The molecule has 0 fully saturated rings. The molecular formula is C7H7FN2O2S. The lowest BCUT2D eigenvalue weighted by Crippen LogP contribution is -2.02. The Hall–Kier alpha value is -1.14. The van der Waals surface area contributed by atoms with Crippen LogP contribution < -0.4 is 5.73 Å². The Bertz CT molecular complexity index is 357. The summed E-state index contributed by atoms with van der Waals surface area (Å²) in [4.78, 5) is 9.80. The lowest BCUT2D eigenvalue weighted by Gasteiger charge is -2.01. The Morgan fingerprint density at radius 2 is 2.23 bits per heavy atom. The summed E-state index contributed by atoms with van der Waals surface area (Å²) in [6.07, 6.45) is 0. The molecule has 0 amide bonds. The fourth-order valence-electron chi connectivity index (χ4n) is 0.928. The molecule has 0 bridgehead atoms. The highest BCUT2D eigenvalue weighted by Gasteiger charge is 2.15. The molecule has 13 heavy (non-hydrogen) atoms. The summed E-state index contributed by atoms with van der Waals surface area (Å²) in [7, 11) is 0. The number of hydrogen-bond acceptors (Lipinski definition) is 4. The molecule has 70 valence electrons. The summed E-state index contributed by atoms with van der Waals surface area (Å²) >= 11 is 3.78. The van der Waals surface area contributed by atoms with Crippen LogP contribution >= 0.6 is 12.6 Å². The zero-order valence-corrected chi connectivity index (χ0v) is 7.42. The number of halogens is 1. The first kappa shape index (κ1) is 9.94. The lowest BCUT2D eigenvalue weighted by atomic mass is 10.2. The maximum absolute atomic E-state index is 12.8. The average molecular weight is 202 g/mol. The highest BCUT2D eigenvalue weighted by molar-refractivity contribution is 7.80. The van der Waals surface area contributed by atoms with E-state index in [0.717, 1.165) is 6.07 Å². The maximum atomic E-state index is 12.8. The van der Waals surface area contributed by atoms with Crippen molar-refractivity contribution in [2.75, 3.05) is 0 Å². The summed E-state index contributed by atoms with van der Waals surface area (Å²) in [6.45, 7) is -0.00977. The summed E-state index contributed by atoms with van der Waals surface area (Å²) < 4.78 is 12.8. The quantitative estimate of drug-likeness (QED) is 0.433. The standard InChI is InChI=1S/C7H7FN2O2S/c8-5-2-6(10(11)12)4(3-9)1-7(5)13/h1-2,13H,3,9H2. The molecule has 2 N–H and O–H groups in total. The smallest absolute Gasteiger partial charge is 0.276 e. The van der Waals surface area contributed by atoms with E-state index in [0.29, 0.717) is 0 Å². The van der Waals surface area contributed by atoms with Crippen LogP contribution in [0.4, 0.5) is 10.1 Å². The van der Waals surface area contributed by atoms with Gasteiger partial charge in [-0.2, -0.15) is 0 Å². The SMILES string of the molecule is NCc1cc(S)c(F)cc1[N+](=O)[O-]. The number of rotatable bonds is 2. The van der Waals surface area contributed by atoms with Gasteiger partial charge in [-0.05, 0) is 6.07 Å². The van der Waals surface area contributed by atoms with E-state index in [-0.39, 0.29) is 22.7 Å². The van der Waals surface area contributed by atoms with E-state index in [2.05, 4.69) is 12.6 Å². The number of nitrogens with zero attached hydrogens (tertiary/aromatic N) is 1. The first-order chi connectivity index (χ1) is 6.06. The van der Waals surface area contributed by atoms with E-state index in [1.165, 1.54) is 6.07 Å². The molecule has 0 saturated heterocycles. The van der Waals surface area contributed by atoms with Crippen molar-refractivity contribution in [1.82, 2.24) is 0 Å². The van der Waals surface area contributed by atoms with Crippen LogP contribution in [0.2, 0.25) is 0 Å². The second kappa shape index (κ2) is 3.71. The number of hydrogen-bond donors (Lipinski definition) is 2. The van der Waals surface area contributed by atoms with E-state index in [1.54, 1.807) is 0 Å². The molecule has 0 atom stereocenters. The first-order valence-corrected chi connectivity index (χ1v) is 3.87. The Kier molecular flexibility index (Phi) is 2.84. The molecule has 0 radical (unpaired) electrons. The van der Waals surface area contributed by atoms with Crippen molar-refractivity contribution in [3.05, 3.63) is 33.6 Å². The molecule has 1 aromatic rings. The summed E-state index contributed by atoms with van der Waals surface area (Å²) in [5, 5.41) is 10.4. The molecule has 0 aromatic heterocycles. The molecular weight excluding hydrogens is 195 g/mol. The summed E-state index contributed by atoms with van der Waals surface area (Å²) in [5.74, 6) is -0.716. The first-order valence-electron chi connectivity index (χ1n) is 3.42. The topological polar surface area (TPSA) is 69.2 Å². The van der Waals surface area contributed by atoms with Crippen LogP contribution in [0.5, 0.6) is 0 Å². The van der Waals surface area contributed by atoms with Crippen LogP contribution in [0.15, 0.2) is 17.0 Å². The van der Waals surface area contributed by atoms with Crippen molar-refractivity contribution in [1.29, 1.82) is 0 Å². The van der Waals surface area contributed by atoms with Gasteiger partial charge in [0.15, 0.2) is 0 Å². The normalized spacial score (nSPS) is 10.1. The van der Waals surface area contributed by atoms with Gasteiger partial charge in [-0.25, -0.2) is 4.39 Å². The van der Waals surface area contributed by atoms with Gasteiger partial charge in [0, 0.05) is 17.0 Å². The van der Waals surface area contributed by atoms with Gasteiger partial charge in [0.05, 0.1) is 11.0 Å². The number of thiol groups is 1. The molecule has 0 aliphatic rings. The van der Waals surface area contributed by atoms with Gasteiger partial charge in [-0.1, -0.05) is 0 Å².